The highest BCUT2D eigenvalue weighted by Gasteiger charge is 2.39. The summed E-state index contributed by atoms with van der Waals surface area (Å²) in [7, 11) is -1.24. The lowest BCUT2D eigenvalue weighted by molar-refractivity contribution is 0.104. The van der Waals surface area contributed by atoms with Crippen molar-refractivity contribution in [3.05, 3.63) is 65.7 Å². The number of rotatable bonds is 9. The second kappa shape index (κ2) is 11.4. The number of hydrogen-bond donors (Lipinski definition) is 3. The molecule has 3 fully saturated rings. The van der Waals surface area contributed by atoms with Gasteiger partial charge in [-0.25, -0.2) is 22.5 Å². The minimum absolute atomic E-state index is 0.277. The summed E-state index contributed by atoms with van der Waals surface area (Å²) in [6, 6.07) is 9.02. The van der Waals surface area contributed by atoms with Crippen LogP contribution >= 0.6 is 0 Å². The van der Waals surface area contributed by atoms with E-state index in [4.69, 9.17) is 4.98 Å². The molecule has 1 saturated carbocycles. The predicted molar refractivity (Wildman–Crippen MR) is 167 cm³/mol. The molecule has 2 saturated heterocycles. The molecule has 1 atom stereocenters. The lowest BCUT2D eigenvalue weighted by Crippen LogP contribution is -2.44. The van der Waals surface area contributed by atoms with Crippen molar-refractivity contribution < 1.29 is 17.6 Å². The van der Waals surface area contributed by atoms with Gasteiger partial charge < -0.3 is 25.0 Å². The van der Waals surface area contributed by atoms with E-state index >= 15 is 0 Å². The smallest absolute Gasteiger partial charge is 0.232 e. The maximum Gasteiger partial charge on any atom is 0.232 e. The summed E-state index contributed by atoms with van der Waals surface area (Å²) in [5, 5.41) is 3.42. The van der Waals surface area contributed by atoms with Crippen LogP contribution in [0.3, 0.4) is 0 Å². The number of nitrogens with one attached hydrogen (secondary N) is 3. The molecule has 3 aromatic heterocycles. The van der Waals surface area contributed by atoms with Crippen LogP contribution in [0.2, 0.25) is 0 Å². The molecule has 0 radical (unpaired) electrons. The molecular formula is C30H34FN9O3S. The van der Waals surface area contributed by atoms with E-state index in [1.54, 1.807) is 6.20 Å². The molecule has 2 aliphatic heterocycles. The number of aromatic amines is 1. The summed E-state index contributed by atoms with van der Waals surface area (Å²) in [5.74, 6) is 0.637. The Balaban J connectivity index is 1.19. The molecule has 1 aliphatic carbocycles. The largest absolute Gasteiger partial charge is 0.368 e. The van der Waals surface area contributed by atoms with Gasteiger partial charge in [-0.2, -0.15) is 9.97 Å². The normalized spacial score (nSPS) is 19.5. The standard InChI is InChI=1S/C30H34FN9O3S/c1-38-12-14-39(15-13-38)22-6-9-25(32-16-22)34-30-35-28-26(24(17-33-28)27(41)19-2-4-20(31)5-3-19)29(36-30)40-11-10-21(18-40)37-44(42,43)23-7-8-23/h2-6,9,16-17,21,23,37H,7-8,10-15,18H2,1H3,(H2,32,33,34,35,36)/t21-/m0/s1. The van der Waals surface area contributed by atoms with E-state index in [1.807, 2.05) is 23.2 Å². The zero-order valence-corrected chi connectivity index (χ0v) is 25.1. The third-order valence-electron chi connectivity index (χ3n) is 8.50. The molecule has 3 aliphatic rings. The maximum atomic E-state index is 13.6. The quantitative estimate of drug-likeness (QED) is 0.240. The fourth-order valence-electron chi connectivity index (χ4n) is 5.82. The zero-order chi connectivity index (χ0) is 30.4. The number of carbonyl (C=O) groups excluding carboxylic acids is 1. The van der Waals surface area contributed by atoms with Gasteiger partial charge in [0.1, 0.15) is 23.1 Å². The molecule has 44 heavy (non-hydrogen) atoms. The Morgan fingerprint density at radius 3 is 2.45 bits per heavy atom. The first-order chi connectivity index (χ1) is 21.2. The van der Waals surface area contributed by atoms with Crippen LogP contribution in [0.15, 0.2) is 48.8 Å². The topological polar surface area (TPSA) is 139 Å². The number of ketones is 1. The van der Waals surface area contributed by atoms with Crippen molar-refractivity contribution in [3.8, 4) is 0 Å². The minimum Gasteiger partial charge on any atom is -0.368 e. The molecule has 230 valence electrons. The van der Waals surface area contributed by atoms with Crippen LogP contribution in [0.1, 0.15) is 35.2 Å². The highest BCUT2D eigenvalue weighted by molar-refractivity contribution is 7.90. The number of anilines is 4. The molecule has 0 unspecified atom stereocenters. The van der Waals surface area contributed by atoms with Crippen LogP contribution in [-0.2, 0) is 10.0 Å². The Hall–Kier alpha value is -4.14. The van der Waals surface area contributed by atoms with Gasteiger partial charge >= 0.3 is 0 Å². The number of nitrogens with zero attached hydrogens (tertiary/aromatic N) is 6. The van der Waals surface area contributed by atoms with Gasteiger partial charge in [-0.3, -0.25) is 4.79 Å². The van der Waals surface area contributed by atoms with Crippen molar-refractivity contribution in [1.82, 2.24) is 29.6 Å². The Morgan fingerprint density at radius 1 is 0.977 bits per heavy atom. The Morgan fingerprint density at radius 2 is 1.75 bits per heavy atom. The third kappa shape index (κ3) is 5.84. The van der Waals surface area contributed by atoms with Crippen LogP contribution in [0, 0.1) is 5.82 Å². The average Bonchev–Trinajstić information content (AvgIpc) is 3.66. The number of halogens is 1. The molecule has 5 heterocycles. The van der Waals surface area contributed by atoms with E-state index in [9.17, 15) is 17.6 Å². The van der Waals surface area contributed by atoms with Crippen molar-refractivity contribution >= 4 is 50.1 Å². The van der Waals surface area contributed by atoms with E-state index in [0.29, 0.717) is 66.1 Å². The Kier molecular flexibility index (Phi) is 7.42. The molecule has 0 spiro atoms. The molecule has 1 aromatic carbocycles. The summed E-state index contributed by atoms with van der Waals surface area (Å²) >= 11 is 0. The summed E-state index contributed by atoms with van der Waals surface area (Å²) in [4.78, 5) is 37.3. The number of sulfonamides is 1. The van der Waals surface area contributed by atoms with Gasteiger partial charge in [0.25, 0.3) is 0 Å². The summed E-state index contributed by atoms with van der Waals surface area (Å²) in [5.41, 5.74) is 2.18. The van der Waals surface area contributed by atoms with Gasteiger partial charge in [-0.05, 0) is 62.7 Å². The molecule has 7 rings (SSSR count). The number of pyridine rings is 1. The van der Waals surface area contributed by atoms with Crippen LogP contribution in [0.4, 0.5) is 27.7 Å². The molecular weight excluding hydrogens is 585 g/mol. The van der Waals surface area contributed by atoms with E-state index in [1.165, 1.54) is 24.3 Å². The van der Waals surface area contributed by atoms with Gasteiger partial charge in [0, 0.05) is 57.1 Å². The number of likely N-dealkylation sites (N-methyl/N-ethyl adjacent to an activating group) is 1. The first-order valence-corrected chi connectivity index (χ1v) is 16.4. The zero-order valence-electron chi connectivity index (χ0n) is 24.3. The number of carbonyl (C=O) groups is 1. The fraction of sp³-hybridized carbons (Fsp3) is 0.400. The predicted octanol–water partition coefficient (Wildman–Crippen LogP) is 2.88. The van der Waals surface area contributed by atoms with Gasteiger partial charge in [0.05, 0.1) is 28.1 Å². The van der Waals surface area contributed by atoms with Crippen LogP contribution in [0.25, 0.3) is 11.0 Å². The lowest BCUT2D eigenvalue weighted by Gasteiger charge is -2.33. The second-order valence-electron chi connectivity index (χ2n) is 11.7. The van der Waals surface area contributed by atoms with Gasteiger partial charge in [0.2, 0.25) is 16.0 Å². The highest BCUT2D eigenvalue weighted by Crippen LogP contribution is 2.34. The number of aromatic nitrogens is 4. The molecule has 14 heteroatoms. The second-order valence-corrected chi connectivity index (χ2v) is 13.7. The third-order valence-corrected chi connectivity index (χ3v) is 10.5. The van der Waals surface area contributed by atoms with E-state index in [0.717, 1.165) is 31.9 Å². The monoisotopic (exact) mass is 619 g/mol. The number of H-pyrrole nitrogens is 1. The Labute approximate surface area is 254 Å². The molecule has 0 bridgehead atoms. The molecule has 3 N–H and O–H groups in total. The number of fused-ring (bicyclic) bond motifs is 1. The Bertz CT molecular complexity index is 1790. The van der Waals surface area contributed by atoms with Gasteiger partial charge in [-0.15, -0.1) is 0 Å². The van der Waals surface area contributed by atoms with Crippen LogP contribution < -0.4 is 19.8 Å². The van der Waals surface area contributed by atoms with Crippen LogP contribution in [0.5, 0.6) is 0 Å². The van der Waals surface area contributed by atoms with E-state index < -0.39 is 15.8 Å². The first kappa shape index (κ1) is 28.6. The van der Waals surface area contributed by atoms with E-state index in [-0.39, 0.29) is 23.0 Å². The summed E-state index contributed by atoms with van der Waals surface area (Å²) < 4.78 is 41.7. The minimum atomic E-state index is -3.36. The average molecular weight is 620 g/mol. The number of benzene rings is 1. The van der Waals surface area contributed by atoms with Crippen molar-refractivity contribution in [1.29, 1.82) is 0 Å². The molecule has 12 nitrogen and oxygen atoms in total. The maximum absolute atomic E-state index is 13.6. The van der Waals surface area contributed by atoms with Crippen molar-refractivity contribution in [2.45, 2.75) is 30.6 Å². The summed E-state index contributed by atoms with van der Waals surface area (Å²) in [6.07, 6.45) is 5.40. The fourth-order valence-corrected chi connectivity index (χ4v) is 7.42. The molecule has 4 aromatic rings. The van der Waals surface area contributed by atoms with Crippen molar-refractivity contribution in [2.24, 2.45) is 0 Å². The van der Waals surface area contributed by atoms with Crippen LogP contribution in [-0.4, -0.2) is 96.6 Å². The number of piperazine rings is 1. The van der Waals surface area contributed by atoms with Crippen molar-refractivity contribution in [2.75, 3.05) is 61.4 Å². The van der Waals surface area contributed by atoms with Gasteiger partial charge in [0.15, 0.2) is 5.78 Å². The van der Waals surface area contributed by atoms with Crippen molar-refractivity contribution in [3.63, 3.8) is 0 Å². The first-order valence-electron chi connectivity index (χ1n) is 14.9. The molecule has 0 amide bonds. The van der Waals surface area contributed by atoms with E-state index in [2.05, 4.69) is 41.8 Å². The lowest BCUT2D eigenvalue weighted by atomic mass is 10.0. The number of hydrogen-bond acceptors (Lipinski definition) is 10. The highest BCUT2D eigenvalue weighted by atomic mass is 32.2. The van der Waals surface area contributed by atoms with Gasteiger partial charge in [-0.1, -0.05) is 0 Å². The summed E-state index contributed by atoms with van der Waals surface area (Å²) in [6.45, 7) is 4.80. The SMILES string of the molecule is CN1CCN(c2ccc(Nc3nc(N4CC[C@H](NS(=O)(=O)C5CC5)C4)c4c(C(=O)c5ccc(F)cc5)c[nH]c4n3)nc2)CC1.